The van der Waals surface area contributed by atoms with Gasteiger partial charge >= 0.3 is 0 Å². The summed E-state index contributed by atoms with van der Waals surface area (Å²) in [5.41, 5.74) is 3.48. The zero-order valence-electron chi connectivity index (χ0n) is 18.0. The van der Waals surface area contributed by atoms with Crippen LogP contribution >= 0.6 is 0 Å². The van der Waals surface area contributed by atoms with Gasteiger partial charge in [0.2, 0.25) is 0 Å². The van der Waals surface area contributed by atoms with Crippen LogP contribution in [0.15, 0.2) is 42.5 Å². The molecule has 6 nitrogen and oxygen atoms in total. The average Bonchev–Trinajstić information content (AvgIpc) is 2.74. The monoisotopic (exact) mass is 414 g/mol. The molecule has 30 heavy (non-hydrogen) atoms. The van der Waals surface area contributed by atoms with Crippen LogP contribution < -0.4 is 14.8 Å². The highest BCUT2D eigenvalue weighted by molar-refractivity contribution is 5.40. The highest BCUT2D eigenvalue weighted by Crippen LogP contribution is 2.24. The predicted octanol–water partition coefficient (Wildman–Crippen LogP) is 2.49. The summed E-state index contributed by atoms with van der Waals surface area (Å²) in [7, 11) is 1.65. The molecule has 0 amide bonds. The normalized spacial score (nSPS) is 16.4. The molecule has 1 heterocycles. The molecule has 0 radical (unpaired) electrons. The second-order valence-corrected chi connectivity index (χ2v) is 8.06. The van der Waals surface area contributed by atoms with Gasteiger partial charge in [0.15, 0.2) is 0 Å². The molecule has 3 N–H and O–H groups in total. The fourth-order valence-corrected chi connectivity index (χ4v) is 3.76. The lowest BCUT2D eigenvalue weighted by molar-refractivity contribution is 0.0336. The van der Waals surface area contributed by atoms with Crippen LogP contribution in [0.2, 0.25) is 0 Å². The Hall–Kier alpha value is -2.12. The molecule has 2 aromatic carbocycles. The van der Waals surface area contributed by atoms with Crippen molar-refractivity contribution in [2.45, 2.75) is 45.1 Å². The minimum Gasteiger partial charge on any atom is -0.497 e. The van der Waals surface area contributed by atoms with Gasteiger partial charge in [0.05, 0.1) is 13.2 Å². The molecule has 0 aliphatic carbocycles. The molecule has 164 valence electrons. The van der Waals surface area contributed by atoms with Crippen molar-refractivity contribution in [3.63, 3.8) is 0 Å². The summed E-state index contributed by atoms with van der Waals surface area (Å²) in [4.78, 5) is 2.18. The Bertz CT molecular complexity index is 791. The number of ether oxygens (including phenoxy) is 2. The summed E-state index contributed by atoms with van der Waals surface area (Å²) in [6.45, 7) is 5.92. The van der Waals surface area contributed by atoms with E-state index in [2.05, 4.69) is 41.4 Å². The Balaban J connectivity index is 1.53. The van der Waals surface area contributed by atoms with Gasteiger partial charge < -0.3 is 29.9 Å². The highest BCUT2D eigenvalue weighted by Gasteiger charge is 2.19. The van der Waals surface area contributed by atoms with Gasteiger partial charge in [0, 0.05) is 38.3 Å². The molecular formula is C24H34N2O4. The van der Waals surface area contributed by atoms with E-state index < -0.39 is 6.10 Å². The largest absolute Gasteiger partial charge is 0.497 e. The summed E-state index contributed by atoms with van der Waals surface area (Å²) in [5, 5.41) is 23.5. The van der Waals surface area contributed by atoms with Gasteiger partial charge in [-0.05, 0) is 43.5 Å². The minimum atomic E-state index is -0.574. The van der Waals surface area contributed by atoms with Gasteiger partial charge in [-0.1, -0.05) is 29.8 Å². The van der Waals surface area contributed by atoms with Crippen molar-refractivity contribution in [1.29, 1.82) is 0 Å². The maximum atomic E-state index is 10.4. The number of hydrogen-bond acceptors (Lipinski definition) is 6. The van der Waals surface area contributed by atoms with Crippen LogP contribution in [0.3, 0.4) is 0 Å². The van der Waals surface area contributed by atoms with E-state index in [1.165, 1.54) is 11.1 Å². The van der Waals surface area contributed by atoms with Crippen LogP contribution in [-0.2, 0) is 13.1 Å². The molecule has 1 aliphatic rings. The molecule has 6 heteroatoms. The third kappa shape index (κ3) is 6.99. The molecule has 1 unspecified atom stereocenters. The third-order valence-corrected chi connectivity index (χ3v) is 5.45. The molecule has 1 aliphatic heterocycles. The zero-order valence-corrected chi connectivity index (χ0v) is 18.0. The number of piperidine rings is 1. The highest BCUT2D eigenvalue weighted by atomic mass is 16.5. The molecule has 2 aromatic rings. The van der Waals surface area contributed by atoms with Crippen molar-refractivity contribution >= 4 is 0 Å². The lowest BCUT2D eigenvalue weighted by atomic mass is 10.1. The van der Waals surface area contributed by atoms with E-state index in [-0.39, 0.29) is 12.7 Å². The van der Waals surface area contributed by atoms with E-state index in [0.717, 1.165) is 49.5 Å². The van der Waals surface area contributed by atoms with Crippen LogP contribution in [0.4, 0.5) is 0 Å². The second kappa shape index (κ2) is 11.3. The number of hydrogen-bond donors (Lipinski definition) is 3. The molecule has 1 fully saturated rings. The quantitative estimate of drug-likeness (QED) is 0.555. The van der Waals surface area contributed by atoms with E-state index in [0.29, 0.717) is 13.1 Å². The van der Waals surface area contributed by atoms with Gasteiger partial charge in [0.1, 0.15) is 24.2 Å². The van der Waals surface area contributed by atoms with Gasteiger partial charge in [-0.25, -0.2) is 0 Å². The molecular weight excluding hydrogens is 380 g/mol. The number of methoxy groups -OCH3 is 1. The van der Waals surface area contributed by atoms with Crippen molar-refractivity contribution in [1.82, 2.24) is 10.2 Å². The number of aliphatic hydroxyl groups is 2. The van der Waals surface area contributed by atoms with E-state index in [9.17, 15) is 10.2 Å². The van der Waals surface area contributed by atoms with Crippen molar-refractivity contribution in [3.8, 4) is 11.5 Å². The third-order valence-electron chi connectivity index (χ3n) is 5.45. The number of β-amino-alcohol motifs (C(OH)–C–C–N with tert-alkyl or cyclic N) is 1. The summed E-state index contributed by atoms with van der Waals surface area (Å²) >= 11 is 0. The number of nitrogens with one attached hydrogen (secondary N) is 1. The number of aryl methyl sites for hydroxylation is 1. The SMILES string of the molecule is COc1ccc(OCC(O)CN2CCC(O)CC2)c(CNCc2cccc(C)c2)c1. The second-order valence-electron chi connectivity index (χ2n) is 8.06. The fraction of sp³-hybridized carbons (Fsp3) is 0.500. The standard InChI is InChI=1S/C24H34N2O4/c1-18-4-3-5-19(12-18)14-25-15-20-13-23(29-2)6-7-24(20)30-17-22(28)16-26-10-8-21(27)9-11-26/h3-7,12-13,21-22,25,27-28H,8-11,14-17H2,1-2H3. The first-order valence-corrected chi connectivity index (χ1v) is 10.7. The Kier molecular flexibility index (Phi) is 8.51. The first-order chi connectivity index (χ1) is 14.5. The molecule has 0 spiro atoms. The number of rotatable bonds is 10. The van der Waals surface area contributed by atoms with Crippen LogP contribution in [0, 0.1) is 6.92 Å². The van der Waals surface area contributed by atoms with Gasteiger partial charge in [-0.3, -0.25) is 0 Å². The van der Waals surface area contributed by atoms with Crippen LogP contribution in [0.25, 0.3) is 0 Å². The van der Waals surface area contributed by atoms with E-state index in [1.54, 1.807) is 7.11 Å². The lowest BCUT2D eigenvalue weighted by Crippen LogP contribution is -2.41. The first-order valence-electron chi connectivity index (χ1n) is 10.7. The predicted molar refractivity (Wildman–Crippen MR) is 118 cm³/mol. The Labute approximate surface area is 179 Å². The smallest absolute Gasteiger partial charge is 0.124 e. The molecule has 0 aromatic heterocycles. The maximum Gasteiger partial charge on any atom is 0.124 e. The zero-order chi connectivity index (χ0) is 21.3. The van der Waals surface area contributed by atoms with Crippen molar-refractivity contribution in [3.05, 3.63) is 59.2 Å². The number of aliphatic hydroxyl groups excluding tert-OH is 2. The summed E-state index contributed by atoms with van der Waals surface area (Å²) in [5.74, 6) is 1.53. The van der Waals surface area contributed by atoms with Gasteiger partial charge in [-0.2, -0.15) is 0 Å². The molecule has 1 atom stereocenters. The Morgan fingerprint density at radius 2 is 1.93 bits per heavy atom. The van der Waals surface area contributed by atoms with Crippen LogP contribution in [0.5, 0.6) is 11.5 Å². The van der Waals surface area contributed by atoms with E-state index in [1.807, 2.05) is 18.2 Å². The summed E-state index contributed by atoms with van der Waals surface area (Å²) in [6, 6.07) is 14.2. The first kappa shape index (κ1) is 22.6. The van der Waals surface area contributed by atoms with Gasteiger partial charge in [0.25, 0.3) is 0 Å². The molecule has 1 saturated heterocycles. The topological polar surface area (TPSA) is 74.2 Å². The summed E-state index contributed by atoms with van der Waals surface area (Å²) < 4.78 is 11.3. The Morgan fingerprint density at radius 1 is 1.13 bits per heavy atom. The average molecular weight is 415 g/mol. The number of likely N-dealkylation sites (tertiary alicyclic amines) is 1. The van der Waals surface area contributed by atoms with E-state index >= 15 is 0 Å². The van der Waals surface area contributed by atoms with Crippen molar-refractivity contribution in [2.24, 2.45) is 0 Å². The van der Waals surface area contributed by atoms with E-state index in [4.69, 9.17) is 9.47 Å². The van der Waals surface area contributed by atoms with Crippen molar-refractivity contribution in [2.75, 3.05) is 33.4 Å². The number of nitrogens with zero attached hydrogens (tertiary/aromatic N) is 1. The summed E-state index contributed by atoms with van der Waals surface area (Å²) in [6.07, 6.45) is 0.755. The lowest BCUT2D eigenvalue weighted by Gasteiger charge is -2.31. The molecule has 0 saturated carbocycles. The van der Waals surface area contributed by atoms with Crippen LogP contribution in [-0.4, -0.2) is 60.7 Å². The van der Waals surface area contributed by atoms with Gasteiger partial charge in [-0.15, -0.1) is 0 Å². The fourth-order valence-electron chi connectivity index (χ4n) is 3.76. The minimum absolute atomic E-state index is 0.205. The Morgan fingerprint density at radius 3 is 2.67 bits per heavy atom. The molecule has 0 bridgehead atoms. The van der Waals surface area contributed by atoms with Crippen LogP contribution in [0.1, 0.15) is 29.5 Å². The number of benzene rings is 2. The molecule has 3 rings (SSSR count). The van der Waals surface area contributed by atoms with Crippen molar-refractivity contribution < 1.29 is 19.7 Å². The maximum absolute atomic E-state index is 10.4.